The van der Waals surface area contributed by atoms with E-state index in [-0.39, 0.29) is 6.10 Å². The van der Waals surface area contributed by atoms with Crippen LogP contribution in [0.1, 0.15) is 25.5 Å². The topological polar surface area (TPSA) is 45.1 Å². The van der Waals surface area contributed by atoms with E-state index in [9.17, 15) is 5.11 Å². The first kappa shape index (κ1) is 13.7. The number of thiophene rings is 1. The minimum Gasteiger partial charge on any atom is -0.393 e. The molecule has 0 spiro atoms. The zero-order valence-electron chi connectivity index (χ0n) is 10.4. The van der Waals surface area contributed by atoms with Crippen molar-refractivity contribution in [3.8, 4) is 9.88 Å². The molecule has 2 N–H and O–H groups in total. The van der Waals surface area contributed by atoms with E-state index < -0.39 is 0 Å². The summed E-state index contributed by atoms with van der Waals surface area (Å²) < 4.78 is 0. The molecule has 0 fully saturated rings. The molecule has 0 saturated carbocycles. The van der Waals surface area contributed by atoms with Gasteiger partial charge in [-0.3, -0.25) is 0 Å². The van der Waals surface area contributed by atoms with Crippen LogP contribution in [-0.2, 0) is 6.54 Å². The van der Waals surface area contributed by atoms with E-state index in [0.717, 1.165) is 36.6 Å². The van der Waals surface area contributed by atoms with Crippen molar-refractivity contribution in [2.24, 2.45) is 0 Å². The van der Waals surface area contributed by atoms with E-state index in [2.05, 4.69) is 27.1 Å². The number of hydrogen-bond donors (Lipinski definition) is 2. The van der Waals surface area contributed by atoms with Crippen LogP contribution in [-0.4, -0.2) is 22.7 Å². The summed E-state index contributed by atoms with van der Waals surface area (Å²) >= 11 is 3.41. The van der Waals surface area contributed by atoms with Crippen LogP contribution >= 0.6 is 22.7 Å². The third-order valence-electron chi connectivity index (χ3n) is 2.72. The molecule has 2 heterocycles. The Kier molecular flexibility index (Phi) is 5.31. The molecule has 1 unspecified atom stereocenters. The van der Waals surface area contributed by atoms with Crippen molar-refractivity contribution in [1.29, 1.82) is 0 Å². The van der Waals surface area contributed by atoms with Crippen molar-refractivity contribution < 1.29 is 5.11 Å². The lowest BCUT2D eigenvalue weighted by molar-refractivity contribution is 0.159. The highest BCUT2D eigenvalue weighted by Gasteiger charge is 2.05. The Morgan fingerprint density at radius 2 is 2.33 bits per heavy atom. The van der Waals surface area contributed by atoms with E-state index in [1.807, 2.05) is 13.0 Å². The second kappa shape index (κ2) is 6.99. The summed E-state index contributed by atoms with van der Waals surface area (Å²) in [5.41, 5.74) is 1.08. The maximum absolute atomic E-state index is 9.43. The molecule has 2 aromatic heterocycles. The number of aliphatic hydroxyl groups is 1. The van der Waals surface area contributed by atoms with Crippen molar-refractivity contribution in [1.82, 2.24) is 10.3 Å². The lowest BCUT2D eigenvalue weighted by atomic mass is 10.2. The fourth-order valence-corrected chi connectivity index (χ4v) is 3.22. The monoisotopic (exact) mass is 282 g/mol. The van der Waals surface area contributed by atoms with Gasteiger partial charge in [0, 0.05) is 11.9 Å². The molecule has 98 valence electrons. The van der Waals surface area contributed by atoms with Crippen molar-refractivity contribution in [3.63, 3.8) is 0 Å². The summed E-state index contributed by atoms with van der Waals surface area (Å²) in [7, 11) is 0. The summed E-state index contributed by atoms with van der Waals surface area (Å²) in [5, 5.41) is 18.0. The van der Waals surface area contributed by atoms with Gasteiger partial charge in [-0.1, -0.05) is 13.0 Å². The zero-order valence-corrected chi connectivity index (χ0v) is 12.1. The Morgan fingerprint density at radius 3 is 3.06 bits per heavy atom. The molecule has 0 amide bonds. The molecule has 0 aromatic carbocycles. The van der Waals surface area contributed by atoms with E-state index in [1.165, 1.54) is 4.88 Å². The van der Waals surface area contributed by atoms with E-state index >= 15 is 0 Å². The van der Waals surface area contributed by atoms with Crippen LogP contribution in [0.3, 0.4) is 0 Å². The molecule has 1 atom stereocenters. The predicted molar refractivity (Wildman–Crippen MR) is 78.0 cm³/mol. The Balaban J connectivity index is 1.77. The number of aromatic nitrogens is 1. The minimum absolute atomic E-state index is 0.186. The molecule has 0 bridgehead atoms. The molecule has 2 aromatic rings. The van der Waals surface area contributed by atoms with Crippen LogP contribution in [0.4, 0.5) is 0 Å². The predicted octanol–water partition coefficient (Wildman–Crippen LogP) is 3.12. The number of thiazole rings is 1. The maximum atomic E-state index is 9.43. The van der Waals surface area contributed by atoms with Gasteiger partial charge >= 0.3 is 0 Å². The van der Waals surface area contributed by atoms with Gasteiger partial charge in [0.2, 0.25) is 0 Å². The van der Waals surface area contributed by atoms with Crippen molar-refractivity contribution in [2.75, 3.05) is 6.54 Å². The third-order valence-corrected chi connectivity index (χ3v) is 4.65. The van der Waals surface area contributed by atoms with Gasteiger partial charge in [0.05, 0.1) is 16.7 Å². The van der Waals surface area contributed by atoms with Gasteiger partial charge in [0.25, 0.3) is 0 Å². The van der Waals surface area contributed by atoms with Gasteiger partial charge in [-0.25, -0.2) is 4.98 Å². The zero-order chi connectivity index (χ0) is 12.8. The first-order valence-electron chi connectivity index (χ1n) is 6.16. The SMILES string of the molecule is CCC(O)CCNCc1csc(-c2cccs2)n1. The normalized spacial score (nSPS) is 12.8. The Hall–Kier alpha value is -0.750. The molecular weight excluding hydrogens is 264 g/mol. The van der Waals surface area contributed by atoms with Gasteiger partial charge in [0.1, 0.15) is 5.01 Å². The van der Waals surface area contributed by atoms with Crippen molar-refractivity contribution in [2.45, 2.75) is 32.4 Å². The van der Waals surface area contributed by atoms with Crippen LogP contribution in [0.2, 0.25) is 0 Å². The van der Waals surface area contributed by atoms with Crippen molar-refractivity contribution >= 4 is 22.7 Å². The minimum atomic E-state index is -0.186. The first-order chi connectivity index (χ1) is 8.79. The lowest BCUT2D eigenvalue weighted by Gasteiger charge is -2.07. The van der Waals surface area contributed by atoms with Crippen LogP contribution in [0.15, 0.2) is 22.9 Å². The number of nitrogens with one attached hydrogen (secondary N) is 1. The summed E-state index contributed by atoms with van der Waals surface area (Å²) in [6, 6.07) is 4.14. The van der Waals surface area contributed by atoms with Gasteiger partial charge in [-0.2, -0.15) is 0 Å². The lowest BCUT2D eigenvalue weighted by Crippen LogP contribution is -2.19. The highest BCUT2D eigenvalue weighted by Crippen LogP contribution is 2.27. The molecule has 2 rings (SSSR count). The van der Waals surface area contributed by atoms with Gasteiger partial charge in [-0.15, -0.1) is 22.7 Å². The summed E-state index contributed by atoms with van der Waals surface area (Å²) in [6.45, 7) is 3.61. The Bertz CT molecular complexity index is 453. The fourth-order valence-electron chi connectivity index (χ4n) is 1.59. The molecule has 0 aliphatic carbocycles. The average molecular weight is 282 g/mol. The number of rotatable bonds is 7. The second-order valence-electron chi connectivity index (χ2n) is 4.15. The molecule has 0 radical (unpaired) electrons. The van der Waals surface area contributed by atoms with E-state index in [4.69, 9.17) is 0 Å². The molecule has 0 aliphatic rings. The standard InChI is InChI=1S/C13H18N2OS2/c1-2-11(16)5-6-14-8-10-9-18-13(15-10)12-4-3-7-17-12/h3-4,7,9,11,14,16H,2,5-6,8H2,1H3. The molecule has 5 heteroatoms. The first-order valence-corrected chi connectivity index (χ1v) is 7.92. The van der Waals surface area contributed by atoms with E-state index in [1.54, 1.807) is 22.7 Å². The molecule has 0 aliphatic heterocycles. The smallest absolute Gasteiger partial charge is 0.133 e. The van der Waals surface area contributed by atoms with Crippen LogP contribution in [0.5, 0.6) is 0 Å². The third kappa shape index (κ3) is 3.88. The summed E-state index contributed by atoms with van der Waals surface area (Å²) in [5.74, 6) is 0. The number of aliphatic hydroxyl groups excluding tert-OH is 1. The highest BCUT2D eigenvalue weighted by molar-refractivity contribution is 7.20. The number of nitrogens with zero attached hydrogens (tertiary/aromatic N) is 1. The molecule has 18 heavy (non-hydrogen) atoms. The van der Waals surface area contributed by atoms with Gasteiger partial charge in [0.15, 0.2) is 0 Å². The second-order valence-corrected chi connectivity index (χ2v) is 5.95. The van der Waals surface area contributed by atoms with Gasteiger partial charge < -0.3 is 10.4 Å². The van der Waals surface area contributed by atoms with Crippen LogP contribution in [0, 0.1) is 0 Å². The molecular formula is C13H18N2OS2. The molecule has 3 nitrogen and oxygen atoms in total. The van der Waals surface area contributed by atoms with Crippen LogP contribution < -0.4 is 5.32 Å². The van der Waals surface area contributed by atoms with E-state index in [0.29, 0.717) is 0 Å². The highest BCUT2D eigenvalue weighted by atomic mass is 32.1. The Morgan fingerprint density at radius 1 is 1.44 bits per heavy atom. The summed E-state index contributed by atoms with van der Waals surface area (Å²) in [4.78, 5) is 5.82. The molecule has 0 saturated heterocycles. The quantitative estimate of drug-likeness (QED) is 0.767. The average Bonchev–Trinajstić information content (AvgIpc) is 3.04. The maximum Gasteiger partial charge on any atom is 0.133 e. The van der Waals surface area contributed by atoms with Crippen LogP contribution in [0.25, 0.3) is 9.88 Å². The number of hydrogen-bond acceptors (Lipinski definition) is 5. The largest absolute Gasteiger partial charge is 0.393 e. The Labute approximate surface area is 116 Å². The summed E-state index contributed by atoms with van der Waals surface area (Å²) in [6.07, 6.45) is 1.44. The van der Waals surface area contributed by atoms with Gasteiger partial charge in [-0.05, 0) is 30.8 Å². The van der Waals surface area contributed by atoms with Crippen molar-refractivity contribution in [3.05, 3.63) is 28.6 Å². The fraction of sp³-hybridized carbons (Fsp3) is 0.462.